The van der Waals surface area contributed by atoms with E-state index in [1.54, 1.807) is 0 Å². The molecule has 1 unspecified atom stereocenters. The summed E-state index contributed by atoms with van der Waals surface area (Å²) in [5.41, 5.74) is 2.37. The van der Waals surface area contributed by atoms with Crippen LogP contribution in [0.4, 0.5) is 5.69 Å². The highest BCUT2D eigenvalue weighted by molar-refractivity contribution is 5.58. The molecule has 0 amide bonds. The molecule has 0 spiro atoms. The van der Waals surface area contributed by atoms with Crippen LogP contribution < -0.4 is 10.1 Å². The lowest BCUT2D eigenvalue weighted by Gasteiger charge is -2.18. The zero-order valence-electron chi connectivity index (χ0n) is 12.3. The van der Waals surface area contributed by atoms with Crippen LogP contribution >= 0.6 is 0 Å². The summed E-state index contributed by atoms with van der Waals surface area (Å²) in [6, 6.07) is 6.87. The van der Waals surface area contributed by atoms with Crippen LogP contribution in [-0.2, 0) is 0 Å². The van der Waals surface area contributed by atoms with Gasteiger partial charge in [0, 0.05) is 6.04 Å². The first-order chi connectivity index (χ1) is 8.67. The van der Waals surface area contributed by atoms with Crippen LogP contribution in [0.5, 0.6) is 5.75 Å². The Hall–Kier alpha value is -1.18. The highest BCUT2D eigenvalue weighted by Gasteiger charge is 2.07. The van der Waals surface area contributed by atoms with Crippen molar-refractivity contribution >= 4 is 5.69 Å². The fraction of sp³-hybridized carbons (Fsp3) is 0.625. The summed E-state index contributed by atoms with van der Waals surface area (Å²) in [5, 5.41) is 3.56. The van der Waals surface area contributed by atoms with Gasteiger partial charge in [-0.15, -0.1) is 0 Å². The zero-order chi connectivity index (χ0) is 13.4. The summed E-state index contributed by atoms with van der Waals surface area (Å²) < 4.78 is 5.81. The summed E-state index contributed by atoms with van der Waals surface area (Å²) in [6.07, 6.45) is 4.76. The maximum Gasteiger partial charge on any atom is 0.142 e. The Morgan fingerprint density at radius 2 is 2.00 bits per heavy atom. The molecule has 0 bridgehead atoms. The lowest BCUT2D eigenvalue weighted by molar-refractivity contribution is 0.318. The first kappa shape index (κ1) is 14.9. The van der Waals surface area contributed by atoms with Gasteiger partial charge in [-0.1, -0.05) is 32.8 Å². The van der Waals surface area contributed by atoms with Crippen LogP contribution in [0.15, 0.2) is 18.2 Å². The number of anilines is 1. The quantitative estimate of drug-likeness (QED) is 0.716. The molecule has 1 N–H and O–H groups in total. The molecule has 18 heavy (non-hydrogen) atoms. The minimum Gasteiger partial charge on any atom is -0.491 e. The molecule has 0 saturated heterocycles. The predicted octanol–water partition coefficient (Wildman–Crippen LogP) is 4.77. The number of hydrogen-bond acceptors (Lipinski definition) is 2. The second-order valence-electron chi connectivity index (χ2n) is 5.04. The van der Waals surface area contributed by atoms with E-state index >= 15 is 0 Å². The van der Waals surface area contributed by atoms with Crippen LogP contribution in [0.3, 0.4) is 0 Å². The van der Waals surface area contributed by atoms with Crippen molar-refractivity contribution in [2.75, 3.05) is 11.9 Å². The molecule has 0 heterocycles. The summed E-state index contributed by atoms with van der Waals surface area (Å²) in [6.45, 7) is 9.48. The van der Waals surface area contributed by atoms with Gasteiger partial charge in [-0.25, -0.2) is 0 Å². The Kier molecular flexibility index (Phi) is 6.63. The van der Waals surface area contributed by atoms with E-state index in [0.717, 1.165) is 24.5 Å². The second kappa shape index (κ2) is 8.02. The van der Waals surface area contributed by atoms with Gasteiger partial charge in [-0.3, -0.25) is 0 Å². The molecule has 0 fully saturated rings. The van der Waals surface area contributed by atoms with E-state index in [0.29, 0.717) is 6.04 Å². The van der Waals surface area contributed by atoms with E-state index in [-0.39, 0.29) is 0 Å². The molecule has 0 saturated carbocycles. The second-order valence-corrected chi connectivity index (χ2v) is 5.04. The lowest BCUT2D eigenvalue weighted by atomic mass is 10.1. The summed E-state index contributed by atoms with van der Waals surface area (Å²) in [4.78, 5) is 0. The molecule has 2 nitrogen and oxygen atoms in total. The minimum absolute atomic E-state index is 0.497. The summed E-state index contributed by atoms with van der Waals surface area (Å²) in [5.74, 6) is 0.986. The van der Waals surface area contributed by atoms with E-state index in [1.165, 1.54) is 24.8 Å². The molecule has 1 aromatic rings. The summed E-state index contributed by atoms with van der Waals surface area (Å²) >= 11 is 0. The molecule has 0 aliphatic heterocycles. The molecule has 1 rings (SSSR count). The van der Waals surface area contributed by atoms with Crippen molar-refractivity contribution < 1.29 is 4.74 Å². The predicted molar refractivity (Wildman–Crippen MR) is 79.6 cm³/mol. The first-order valence-electron chi connectivity index (χ1n) is 7.17. The average Bonchev–Trinajstić information content (AvgIpc) is 2.36. The molecular formula is C16H27NO. The molecule has 0 aromatic heterocycles. The van der Waals surface area contributed by atoms with Gasteiger partial charge >= 0.3 is 0 Å². The van der Waals surface area contributed by atoms with Crippen LogP contribution in [0.2, 0.25) is 0 Å². The van der Waals surface area contributed by atoms with Gasteiger partial charge in [0.15, 0.2) is 0 Å². The van der Waals surface area contributed by atoms with Crippen molar-refractivity contribution in [3.63, 3.8) is 0 Å². The van der Waals surface area contributed by atoms with Crippen LogP contribution in [-0.4, -0.2) is 12.6 Å². The number of hydrogen-bond donors (Lipinski definition) is 1. The van der Waals surface area contributed by atoms with Gasteiger partial charge in [0.2, 0.25) is 0 Å². The molecule has 2 heteroatoms. The maximum absolute atomic E-state index is 5.81. The lowest BCUT2D eigenvalue weighted by Crippen LogP contribution is -2.15. The van der Waals surface area contributed by atoms with E-state index in [1.807, 2.05) is 0 Å². The van der Waals surface area contributed by atoms with Crippen molar-refractivity contribution in [1.29, 1.82) is 0 Å². The summed E-state index contributed by atoms with van der Waals surface area (Å²) in [7, 11) is 0. The van der Waals surface area contributed by atoms with Gasteiger partial charge < -0.3 is 10.1 Å². The van der Waals surface area contributed by atoms with Crippen molar-refractivity contribution in [2.45, 2.75) is 59.4 Å². The van der Waals surface area contributed by atoms with Crippen LogP contribution in [0.25, 0.3) is 0 Å². The number of aryl methyl sites for hydroxylation is 1. The Balaban J connectivity index is 2.67. The maximum atomic E-state index is 5.81. The number of nitrogens with one attached hydrogen (secondary N) is 1. The van der Waals surface area contributed by atoms with Crippen LogP contribution in [0, 0.1) is 6.92 Å². The third-order valence-electron chi connectivity index (χ3n) is 2.99. The fourth-order valence-electron chi connectivity index (χ4n) is 1.93. The molecule has 1 aromatic carbocycles. The van der Waals surface area contributed by atoms with Crippen molar-refractivity contribution in [3.8, 4) is 5.75 Å². The number of benzene rings is 1. The van der Waals surface area contributed by atoms with Gasteiger partial charge in [-0.2, -0.15) is 0 Å². The van der Waals surface area contributed by atoms with Crippen LogP contribution in [0.1, 0.15) is 52.0 Å². The topological polar surface area (TPSA) is 21.3 Å². The van der Waals surface area contributed by atoms with Gasteiger partial charge in [0.1, 0.15) is 5.75 Å². The fourth-order valence-corrected chi connectivity index (χ4v) is 1.93. The molecule has 0 radical (unpaired) electrons. The van der Waals surface area contributed by atoms with E-state index in [2.05, 4.69) is 51.2 Å². The van der Waals surface area contributed by atoms with Crippen molar-refractivity contribution in [2.24, 2.45) is 0 Å². The smallest absolute Gasteiger partial charge is 0.142 e. The molecule has 0 aliphatic rings. The third-order valence-corrected chi connectivity index (χ3v) is 2.99. The van der Waals surface area contributed by atoms with Gasteiger partial charge in [-0.05, 0) is 44.4 Å². The van der Waals surface area contributed by atoms with Crippen molar-refractivity contribution in [1.82, 2.24) is 0 Å². The van der Waals surface area contributed by atoms with E-state index in [9.17, 15) is 0 Å². The Bertz CT molecular complexity index is 349. The van der Waals surface area contributed by atoms with Crippen molar-refractivity contribution in [3.05, 3.63) is 23.8 Å². The van der Waals surface area contributed by atoms with Gasteiger partial charge in [0.25, 0.3) is 0 Å². The van der Waals surface area contributed by atoms with Gasteiger partial charge in [0.05, 0.1) is 12.3 Å². The molecule has 0 aliphatic carbocycles. The number of ether oxygens (including phenoxy) is 1. The Labute approximate surface area is 112 Å². The first-order valence-corrected chi connectivity index (χ1v) is 7.17. The Morgan fingerprint density at radius 3 is 2.67 bits per heavy atom. The number of unbranched alkanes of at least 4 members (excludes halogenated alkanes) is 1. The Morgan fingerprint density at radius 1 is 1.22 bits per heavy atom. The molecule has 102 valence electrons. The highest BCUT2D eigenvalue weighted by Crippen LogP contribution is 2.27. The molecule has 1 atom stereocenters. The third kappa shape index (κ3) is 4.99. The average molecular weight is 249 g/mol. The standard InChI is InChI=1S/C16H27NO/c1-5-7-8-14(4)17-15-10-9-13(3)12-16(15)18-11-6-2/h9-10,12,14,17H,5-8,11H2,1-4H3. The van der Waals surface area contributed by atoms with E-state index in [4.69, 9.17) is 4.74 Å². The monoisotopic (exact) mass is 249 g/mol. The minimum atomic E-state index is 0.497. The molecular weight excluding hydrogens is 222 g/mol. The largest absolute Gasteiger partial charge is 0.491 e. The normalized spacial score (nSPS) is 12.2. The van der Waals surface area contributed by atoms with E-state index < -0.39 is 0 Å². The number of rotatable bonds is 8. The zero-order valence-corrected chi connectivity index (χ0v) is 12.3. The SMILES string of the molecule is CCCCC(C)Nc1ccc(C)cc1OCCC. The highest BCUT2D eigenvalue weighted by atomic mass is 16.5.